The van der Waals surface area contributed by atoms with Gasteiger partial charge in [-0.3, -0.25) is 4.79 Å². The Hall–Kier alpha value is -2.41. The molecule has 39 heavy (non-hydrogen) atoms. The molecule has 2 aromatic rings. The quantitative estimate of drug-likeness (QED) is 0.204. The molecule has 0 bridgehead atoms. The lowest BCUT2D eigenvalue weighted by atomic mass is 9.52. The Balaban J connectivity index is 1.27. The first-order valence-electron chi connectivity index (χ1n) is 14.8. The van der Waals surface area contributed by atoms with E-state index in [0.29, 0.717) is 49.6 Å². The molecule has 0 spiro atoms. The first-order chi connectivity index (χ1) is 18.7. The van der Waals surface area contributed by atoms with E-state index in [1.54, 1.807) is 0 Å². The zero-order valence-corrected chi connectivity index (χ0v) is 23.5. The highest BCUT2D eigenvalue weighted by atomic mass is 17.2. The molecule has 1 unspecified atom stereocenters. The maximum atomic E-state index is 13.1. The highest BCUT2D eigenvalue weighted by Crippen LogP contribution is 2.67. The number of hydrogen-bond donors (Lipinski definition) is 2. The van der Waals surface area contributed by atoms with Gasteiger partial charge in [0, 0.05) is 5.41 Å². The molecule has 6 atom stereocenters. The van der Waals surface area contributed by atoms with Crippen molar-refractivity contribution >= 4 is 5.97 Å². The predicted octanol–water partition coefficient (Wildman–Crippen LogP) is 5.75. The van der Waals surface area contributed by atoms with Crippen molar-refractivity contribution in [2.24, 2.45) is 22.7 Å². The van der Waals surface area contributed by atoms with Crippen molar-refractivity contribution in [3.63, 3.8) is 0 Å². The summed E-state index contributed by atoms with van der Waals surface area (Å²) in [6, 6.07) is 12.3. The molecule has 6 rings (SSSR count). The summed E-state index contributed by atoms with van der Waals surface area (Å²) in [5.74, 6) is 1.62. The number of benzene rings is 2. The number of phenolic OH excluding ortho intramolecular Hbond substituents is 1. The highest BCUT2D eigenvalue weighted by molar-refractivity contribution is 5.79. The van der Waals surface area contributed by atoms with Crippen LogP contribution in [0.15, 0.2) is 36.4 Å². The minimum absolute atomic E-state index is 0.149. The second kappa shape index (κ2) is 9.90. The normalized spacial score (nSPS) is 34.6. The summed E-state index contributed by atoms with van der Waals surface area (Å²) >= 11 is 0. The van der Waals surface area contributed by atoms with Gasteiger partial charge < -0.3 is 14.9 Å². The van der Waals surface area contributed by atoms with E-state index in [0.717, 1.165) is 55.2 Å². The van der Waals surface area contributed by atoms with Gasteiger partial charge in [0.1, 0.15) is 11.2 Å². The van der Waals surface area contributed by atoms with E-state index in [2.05, 4.69) is 31.2 Å². The SMILES string of the molecule is CCOOCC1(C(=O)OCC)Cc2ccc([C@]3(O)CC[C@H]4[C@@H]5CCc6cc(O)ccc6[C@H]5CC[C@@]43C)cc2C1. The van der Waals surface area contributed by atoms with E-state index in [4.69, 9.17) is 14.5 Å². The number of aliphatic hydroxyl groups is 1. The van der Waals surface area contributed by atoms with E-state index in [9.17, 15) is 15.0 Å². The smallest absolute Gasteiger partial charge is 0.315 e. The van der Waals surface area contributed by atoms with E-state index in [-0.39, 0.29) is 18.0 Å². The fraction of sp³-hybridized carbons (Fsp3) is 0.606. The van der Waals surface area contributed by atoms with E-state index < -0.39 is 11.0 Å². The number of fused-ring (bicyclic) bond motifs is 6. The van der Waals surface area contributed by atoms with Crippen LogP contribution in [0.5, 0.6) is 5.75 Å². The molecule has 2 N–H and O–H groups in total. The third kappa shape index (κ3) is 4.13. The van der Waals surface area contributed by atoms with Gasteiger partial charge in [0.2, 0.25) is 0 Å². The number of aryl methyl sites for hydroxylation is 1. The molecular weight excluding hydrogens is 492 g/mol. The van der Waals surface area contributed by atoms with Gasteiger partial charge in [-0.25, -0.2) is 9.78 Å². The third-order valence-electron chi connectivity index (χ3n) is 10.8. The summed E-state index contributed by atoms with van der Waals surface area (Å²) in [7, 11) is 0. The molecule has 2 fully saturated rings. The summed E-state index contributed by atoms with van der Waals surface area (Å²) in [6.07, 6.45) is 6.99. The lowest BCUT2D eigenvalue weighted by Gasteiger charge is -2.53. The van der Waals surface area contributed by atoms with Crippen molar-refractivity contribution in [1.82, 2.24) is 0 Å². The third-order valence-corrected chi connectivity index (χ3v) is 10.8. The molecule has 0 aliphatic heterocycles. The maximum absolute atomic E-state index is 13.1. The molecule has 6 nitrogen and oxygen atoms in total. The Kier molecular flexibility index (Phi) is 6.80. The van der Waals surface area contributed by atoms with Crippen molar-refractivity contribution in [1.29, 1.82) is 0 Å². The highest BCUT2D eigenvalue weighted by Gasteiger charge is 2.62. The molecule has 0 radical (unpaired) electrons. The van der Waals surface area contributed by atoms with Crippen LogP contribution in [-0.2, 0) is 44.2 Å². The van der Waals surface area contributed by atoms with Gasteiger partial charge in [-0.1, -0.05) is 31.2 Å². The molecule has 6 heteroatoms. The molecule has 2 saturated carbocycles. The zero-order valence-electron chi connectivity index (χ0n) is 23.5. The molecule has 0 aromatic heterocycles. The predicted molar refractivity (Wildman–Crippen MR) is 147 cm³/mol. The number of aromatic hydroxyl groups is 1. The topological polar surface area (TPSA) is 85.2 Å². The summed E-state index contributed by atoms with van der Waals surface area (Å²) < 4.78 is 5.47. The number of phenols is 1. The van der Waals surface area contributed by atoms with Gasteiger partial charge in [0.25, 0.3) is 0 Å². The van der Waals surface area contributed by atoms with E-state index in [1.807, 2.05) is 26.0 Å². The van der Waals surface area contributed by atoms with Crippen molar-refractivity contribution in [2.45, 2.75) is 83.7 Å². The van der Waals surface area contributed by atoms with Gasteiger partial charge in [0.05, 0.1) is 25.4 Å². The summed E-state index contributed by atoms with van der Waals surface area (Å²) in [5.41, 5.74) is 3.99. The van der Waals surface area contributed by atoms with Crippen molar-refractivity contribution in [3.8, 4) is 5.75 Å². The molecular formula is C33H42O6. The van der Waals surface area contributed by atoms with Crippen LogP contribution in [-0.4, -0.2) is 36.0 Å². The Labute approximate surface area is 231 Å². The van der Waals surface area contributed by atoms with E-state index in [1.165, 1.54) is 11.1 Å². The van der Waals surface area contributed by atoms with Gasteiger partial charge in [0.15, 0.2) is 0 Å². The number of rotatable bonds is 7. The first kappa shape index (κ1) is 26.8. The number of hydrogen-bond acceptors (Lipinski definition) is 6. The molecule has 0 saturated heterocycles. The van der Waals surface area contributed by atoms with Crippen LogP contribution in [0.4, 0.5) is 0 Å². The lowest BCUT2D eigenvalue weighted by Crippen LogP contribution is -2.49. The molecule has 4 aliphatic carbocycles. The number of carbonyl (C=O) groups is 1. The Morgan fingerprint density at radius 2 is 1.77 bits per heavy atom. The second-order valence-corrected chi connectivity index (χ2v) is 12.7. The Morgan fingerprint density at radius 3 is 2.56 bits per heavy atom. The standard InChI is InChI=1S/C33H42O6/c1-4-37-30(35)32(20-39-38-5-2)18-22-6-8-24(16-23(22)19-32)33(36)15-13-29-28-10-7-21-17-25(34)9-11-26(21)27(28)12-14-31(29,33)3/h6,8-9,11,16-17,27-29,34,36H,4-5,7,10,12-15,18-20H2,1-3H3/t27-,28-,29+,31+,32?,33-/m1/s1. The molecule has 210 valence electrons. The number of carbonyl (C=O) groups excluding carboxylic acids is 1. The fourth-order valence-corrected chi connectivity index (χ4v) is 8.90. The summed E-state index contributed by atoms with van der Waals surface area (Å²) in [5, 5.41) is 22.5. The van der Waals surface area contributed by atoms with Gasteiger partial charge in [-0.2, -0.15) is 0 Å². The summed E-state index contributed by atoms with van der Waals surface area (Å²) in [6.45, 7) is 6.89. The van der Waals surface area contributed by atoms with Crippen molar-refractivity contribution in [2.75, 3.05) is 19.8 Å². The Bertz CT molecular complexity index is 1260. The maximum Gasteiger partial charge on any atom is 0.315 e. The minimum atomic E-state index is -0.899. The van der Waals surface area contributed by atoms with Gasteiger partial charge in [-0.15, -0.1) is 0 Å². The van der Waals surface area contributed by atoms with Crippen LogP contribution in [0.2, 0.25) is 0 Å². The van der Waals surface area contributed by atoms with Crippen LogP contribution in [0.1, 0.15) is 86.6 Å². The number of esters is 1. The molecule has 0 amide bonds. The zero-order chi connectivity index (χ0) is 27.4. The van der Waals surface area contributed by atoms with Crippen molar-refractivity contribution in [3.05, 3.63) is 64.2 Å². The van der Waals surface area contributed by atoms with Crippen LogP contribution in [0.25, 0.3) is 0 Å². The van der Waals surface area contributed by atoms with Crippen LogP contribution < -0.4 is 0 Å². The molecule has 0 heterocycles. The Morgan fingerprint density at radius 1 is 0.949 bits per heavy atom. The van der Waals surface area contributed by atoms with Gasteiger partial charge >= 0.3 is 5.97 Å². The molecule has 2 aromatic carbocycles. The first-order valence-corrected chi connectivity index (χ1v) is 14.8. The largest absolute Gasteiger partial charge is 0.508 e. The van der Waals surface area contributed by atoms with Gasteiger partial charge in [-0.05, 0) is 123 Å². The van der Waals surface area contributed by atoms with Crippen LogP contribution in [0, 0.1) is 22.7 Å². The minimum Gasteiger partial charge on any atom is -0.508 e. The fourth-order valence-electron chi connectivity index (χ4n) is 8.90. The monoisotopic (exact) mass is 534 g/mol. The number of ether oxygens (including phenoxy) is 1. The van der Waals surface area contributed by atoms with Crippen LogP contribution >= 0.6 is 0 Å². The average molecular weight is 535 g/mol. The molecule has 4 aliphatic rings. The lowest BCUT2D eigenvalue weighted by molar-refractivity contribution is -0.305. The van der Waals surface area contributed by atoms with E-state index >= 15 is 0 Å². The average Bonchev–Trinajstić information content (AvgIpc) is 3.44. The summed E-state index contributed by atoms with van der Waals surface area (Å²) in [4.78, 5) is 23.7. The van der Waals surface area contributed by atoms with Crippen LogP contribution in [0.3, 0.4) is 0 Å². The second-order valence-electron chi connectivity index (χ2n) is 12.7. The van der Waals surface area contributed by atoms with Crippen molar-refractivity contribution < 1.29 is 29.5 Å².